The lowest BCUT2D eigenvalue weighted by molar-refractivity contribution is 0.0525. The summed E-state index contributed by atoms with van der Waals surface area (Å²) < 4.78 is 35.8. The Kier molecular flexibility index (Phi) is 6.77. The molecule has 35 heavy (non-hydrogen) atoms. The van der Waals surface area contributed by atoms with Gasteiger partial charge in [-0.05, 0) is 73.0 Å². The van der Waals surface area contributed by atoms with Gasteiger partial charge in [0.05, 0.1) is 29.9 Å². The third-order valence-corrected chi connectivity index (χ3v) is 6.70. The predicted octanol–water partition coefficient (Wildman–Crippen LogP) is 4.95. The highest BCUT2D eigenvalue weighted by Gasteiger charge is 2.21. The van der Waals surface area contributed by atoms with E-state index in [9.17, 15) is 13.2 Å². The highest BCUT2D eigenvalue weighted by Crippen LogP contribution is 2.32. The Balaban J connectivity index is 1.80. The number of primary sulfonamides is 1. The van der Waals surface area contributed by atoms with Crippen LogP contribution in [0.25, 0.3) is 28.1 Å². The van der Waals surface area contributed by atoms with Crippen molar-refractivity contribution in [1.29, 1.82) is 0 Å². The van der Waals surface area contributed by atoms with Crippen LogP contribution in [0.2, 0.25) is 0 Å². The average molecular weight is 491 g/mol. The summed E-state index contributed by atoms with van der Waals surface area (Å²) in [5.74, 6) is 0.375. The highest BCUT2D eigenvalue weighted by atomic mass is 32.2. The largest absolute Gasteiger partial charge is 0.497 e. The Morgan fingerprint density at radius 2 is 1.43 bits per heavy atom. The molecule has 0 aliphatic rings. The van der Waals surface area contributed by atoms with Gasteiger partial charge < -0.3 is 14.0 Å². The molecule has 0 bridgehead atoms. The number of benzene rings is 3. The van der Waals surface area contributed by atoms with E-state index in [1.54, 1.807) is 32.2 Å². The number of hydrogen-bond acceptors (Lipinski definition) is 5. The number of aromatic nitrogens is 1. The maximum atomic E-state index is 12.6. The minimum atomic E-state index is -3.82. The Labute approximate surface area is 204 Å². The summed E-state index contributed by atoms with van der Waals surface area (Å²) in [5.41, 5.74) is 5.56. The lowest BCUT2D eigenvalue weighted by Gasteiger charge is -2.13. The van der Waals surface area contributed by atoms with Crippen LogP contribution in [-0.4, -0.2) is 32.7 Å². The quantitative estimate of drug-likeness (QED) is 0.369. The average Bonchev–Trinajstić information content (AvgIpc) is 3.21. The van der Waals surface area contributed by atoms with Crippen LogP contribution in [0.5, 0.6) is 5.75 Å². The number of sulfonamides is 1. The molecule has 0 aliphatic carbocycles. The van der Waals surface area contributed by atoms with E-state index in [2.05, 4.69) is 0 Å². The molecular formula is C27H26N2O5S. The Morgan fingerprint density at radius 3 is 1.94 bits per heavy atom. The summed E-state index contributed by atoms with van der Waals surface area (Å²) in [6, 6.07) is 23.8. The van der Waals surface area contributed by atoms with Crippen LogP contribution >= 0.6 is 0 Å². The summed E-state index contributed by atoms with van der Waals surface area (Å²) in [4.78, 5) is 12.6. The molecule has 180 valence electrons. The van der Waals surface area contributed by atoms with Gasteiger partial charge in [-0.1, -0.05) is 36.4 Å². The third kappa shape index (κ3) is 4.99. The van der Waals surface area contributed by atoms with Crippen LogP contribution in [0.15, 0.2) is 83.8 Å². The molecule has 0 amide bonds. The molecule has 0 saturated carbocycles. The van der Waals surface area contributed by atoms with E-state index >= 15 is 0 Å². The minimum Gasteiger partial charge on any atom is -0.497 e. The first-order valence-electron chi connectivity index (χ1n) is 11.0. The lowest BCUT2D eigenvalue weighted by Crippen LogP contribution is -2.12. The topological polar surface area (TPSA) is 101 Å². The van der Waals surface area contributed by atoms with Gasteiger partial charge in [0.2, 0.25) is 10.0 Å². The fraction of sp³-hybridized carbons (Fsp3) is 0.148. The first-order chi connectivity index (χ1) is 16.7. The standard InChI is InChI=1S/C27H26N2O5S/c1-4-34-27(30)25-17-26(29(18(25)2)22-11-15-24(16-12-22)35(28,31)32)21-7-5-19(6-8-21)20-9-13-23(33-3)14-10-20/h5-17H,4H2,1-3H3,(H2,28,31,32). The van der Waals surface area contributed by atoms with E-state index in [-0.39, 0.29) is 11.5 Å². The molecule has 3 aromatic carbocycles. The Bertz CT molecular complexity index is 1450. The monoisotopic (exact) mass is 490 g/mol. The first kappa shape index (κ1) is 24.3. The fourth-order valence-corrected chi connectivity index (χ4v) is 4.48. The summed E-state index contributed by atoms with van der Waals surface area (Å²) >= 11 is 0. The van der Waals surface area contributed by atoms with Crippen LogP contribution in [0.4, 0.5) is 0 Å². The van der Waals surface area contributed by atoms with E-state index in [0.717, 1.165) is 28.1 Å². The zero-order valence-electron chi connectivity index (χ0n) is 19.7. The first-order valence-corrected chi connectivity index (χ1v) is 12.5. The Hall–Kier alpha value is -3.88. The number of nitrogens with two attached hydrogens (primary N) is 1. The molecule has 2 N–H and O–H groups in total. The number of hydrogen-bond donors (Lipinski definition) is 1. The molecule has 8 heteroatoms. The van der Waals surface area contributed by atoms with Gasteiger partial charge >= 0.3 is 5.97 Å². The molecule has 7 nitrogen and oxygen atoms in total. The van der Waals surface area contributed by atoms with Crippen LogP contribution in [0, 0.1) is 6.92 Å². The van der Waals surface area contributed by atoms with E-state index in [0.29, 0.717) is 16.9 Å². The van der Waals surface area contributed by atoms with Gasteiger partial charge in [0.25, 0.3) is 0 Å². The van der Waals surface area contributed by atoms with Crippen molar-refractivity contribution in [2.24, 2.45) is 5.14 Å². The van der Waals surface area contributed by atoms with Crippen molar-refractivity contribution in [3.05, 3.63) is 90.1 Å². The molecule has 4 rings (SSSR count). The van der Waals surface area contributed by atoms with Crippen molar-refractivity contribution in [2.45, 2.75) is 18.7 Å². The van der Waals surface area contributed by atoms with Gasteiger partial charge in [0.15, 0.2) is 0 Å². The van der Waals surface area contributed by atoms with Gasteiger partial charge in [-0.25, -0.2) is 18.4 Å². The molecule has 0 atom stereocenters. The fourth-order valence-electron chi connectivity index (χ4n) is 3.97. The number of carbonyl (C=O) groups is 1. The van der Waals surface area contributed by atoms with Gasteiger partial charge in [-0.15, -0.1) is 0 Å². The van der Waals surface area contributed by atoms with E-state index in [1.807, 2.05) is 60.0 Å². The van der Waals surface area contributed by atoms with Crippen molar-refractivity contribution < 1.29 is 22.7 Å². The number of methoxy groups -OCH3 is 1. The smallest absolute Gasteiger partial charge is 0.339 e. The second-order valence-corrected chi connectivity index (χ2v) is 9.49. The molecule has 0 fully saturated rings. The zero-order valence-corrected chi connectivity index (χ0v) is 20.5. The maximum absolute atomic E-state index is 12.6. The zero-order chi connectivity index (χ0) is 25.2. The molecule has 0 saturated heterocycles. The van der Waals surface area contributed by atoms with Crippen LogP contribution in [0.3, 0.4) is 0 Å². The van der Waals surface area contributed by atoms with Crippen molar-refractivity contribution in [3.8, 4) is 33.8 Å². The molecule has 1 aromatic heterocycles. The van der Waals surface area contributed by atoms with E-state index in [1.165, 1.54) is 12.1 Å². The summed E-state index contributed by atoms with van der Waals surface area (Å²) in [5, 5.41) is 5.25. The summed E-state index contributed by atoms with van der Waals surface area (Å²) in [6.07, 6.45) is 0. The normalized spacial score (nSPS) is 11.3. The predicted molar refractivity (Wildman–Crippen MR) is 135 cm³/mol. The SMILES string of the molecule is CCOC(=O)c1cc(-c2ccc(-c3ccc(OC)cc3)cc2)n(-c2ccc(S(N)(=O)=O)cc2)c1C. The van der Waals surface area contributed by atoms with E-state index < -0.39 is 16.0 Å². The second-order valence-electron chi connectivity index (χ2n) is 7.93. The van der Waals surface area contributed by atoms with Crippen LogP contribution in [0.1, 0.15) is 23.0 Å². The lowest BCUT2D eigenvalue weighted by atomic mass is 10.0. The third-order valence-electron chi connectivity index (χ3n) is 5.77. The molecule has 0 radical (unpaired) electrons. The molecule has 4 aromatic rings. The van der Waals surface area contributed by atoms with Crippen LogP contribution in [-0.2, 0) is 14.8 Å². The maximum Gasteiger partial charge on any atom is 0.339 e. The van der Waals surface area contributed by atoms with Gasteiger partial charge in [0.1, 0.15) is 5.75 Å². The number of nitrogens with zero attached hydrogens (tertiary/aromatic N) is 1. The number of esters is 1. The number of carbonyl (C=O) groups excluding carboxylic acids is 1. The molecule has 0 unspecified atom stereocenters. The molecule has 1 heterocycles. The van der Waals surface area contributed by atoms with Crippen molar-refractivity contribution in [3.63, 3.8) is 0 Å². The van der Waals surface area contributed by atoms with Crippen molar-refractivity contribution in [1.82, 2.24) is 4.57 Å². The minimum absolute atomic E-state index is 0.0158. The van der Waals surface area contributed by atoms with E-state index in [4.69, 9.17) is 14.6 Å². The number of ether oxygens (including phenoxy) is 2. The van der Waals surface area contributed by atoms with Gasteiger partial charge in [0, 0.05) is 11.4 Å². The summed E-state index contributed by atoms with van der Waals surface area (Å²) in [7, 11) is -2.18. The summed E-state index contributed by atoms with van der Waals surface area (Å²) in [6.45, 7) is 3.85. The van der Waals surface area contributed by atoms with Crippen molar-refractivity contribution in [2.75, 3.05) is 13.7 Å². The molecule has 0 aliphatic heterocycles. The molecule has 0 spiro atoms. The van der Waals surface area contributed by atoms with Gasteiger partial charge in [-0.2, -0.15) is 0 Å². The van der Waals surface area contributed by atoms with Crippen LogP contribution < -0.4 is 9.88 Å². The van der Waals surface area contributed by atoms with Gasteiger partial charge in [-0.3, -0.25) is 0 Å². The highest BCUT2D eigenvalue weighted by molar-refractivity contribution is 7.89. The number of rotatable bonds is 7. The molecular weight excluding hydrogens is 464 g/mol. The van der Waals surface area contributed by atoms with Crippen molar-refractivity contribution >= 4 is 16.0 Å². The Morgan fingerprint density at radius 1 is 0.886 bits per heavy atom. The second kappa shape index (κ2) is 9.77.